The van der Waals surface area contributed by atoms with Crippen molar-refractivity contribution in [2.45, 2.75) is 32.2 Å². The second-order valence-corrected chi connectivity index (χ2v) is 7.57. The second kappa shape index (κ2) is 7.41. The molecule has 0 unspecified atom stereocenters. The molecule has 5 nitrogen and oxygen atoms in total. The van der Waals surface area contributed by atoms with Crippen LogP contribution in [0.4, 0.5) is 0 Å². The Bertz CT molecular complexity index is 887. The number of aromatic nitrogens is 3. The monoisotopic (exact) mass is 366 g/mol. The highest BCUT2D eigenvalue weighted by atomic mass is 32.1. The smallest absolute Gasteiger partial charge is 0.253 e. The first kappa shape index (κ1) is 17.0. The third kappa shape index (κ3) is 3.55. The lowest BCUT2D eigenvalue weighted by Crippen LogP contribution is -2.39. The largest absolute Gasteiger partial charge is 0.338 e. The summed E-state index contributed by atoms with van der Waals surface area (Å²) < 4.78 is 2.17. The lowest BCUT2D eigenvalue weighted by atomic mass is 9.96. The molecule has 1 aliphatic heterocycles. The van der Waals surface area contributed by atoms with Gasteiger partial charge < -0.3 is 9.47 Å². The van der Waals surface area contributed by atoms with E-state index in [1.54, 1.807) is 11.3 Å². The summed E-state index contributed by atoms with van der Waals surface area (Å²) in [4.78, 5) is 23.9. The van der Waals surface area contributed by atoms with Gasteiger partial charge in [-0.1, -0.05) is 17.7 Å². The Morgan fingerprint density at radius 1 is 1.35 bits per heavy atom. The van der Waals surface area contributed by atoms with Crippen molar-refractivity contribution in [2.75, 3.05) is 13.1 Å². The summed E-state index contributed by atoms with van der Waals surface area (Å²) in [5.74, 6) is 1.45. The average molecular weight is 366 g/mol. The predicted molar refractivity (Wildman–Crippen MR) is 103 cm³/mol. The van der Waals surface area contributed by atoms with Crippen LogP contribution in [0.5, 0.6) is 0 Å². The lowest BCUT2D eigenvalue weighted by molar-refractivity contribution is 0.0703. The summed E-state index contributed by atoms with van der Waals surface area (Å²) in [6.07, 6.45) is 5.93. The number of carbonyl (C=O) groups excluding carboxylic acids is 1. The van der Waals surface area contributed by atoms with Gasteiger partial charge in [0.2, 0.25) is 0 Å². The number of piperidine rings is 1. The van der Waals surface area contributed by atoms with E-state index in [1.807, 2.05) is 54.0 Å². The van der Waals surface area contributed by atoms with Crippen molar-refractivity contribution in [1.82, 2.24) is 19.4 Å². The molecule has 1 saturated heterocycles. The SMILES string of the molecule is Cc1cccc(C(=O)N2CCC[C@H](c3nccn3Cc3cscn3)C2)c1. The molecule has 0 radical (unpaired) electrons. The van der Waals surface area contributed by atoms with Crippen molar-refractivity contribution >= 4 is 17.2 Å². The Hall–Kier alpha value is -2.47. The molecule has 6 heteroatoms. The van der Waals surface area contributed by atoms with Crippen molar-refractivity contribution in [3.63, 3.8) is 0 Å². The topological polar surface area (TPSA) is 51.0 Å². The maximum absolute atomic E-state index is 12.9. The molecule has 0 spiro atoms. The van der Waals surface area contributed by atoms with Gasteiger partial charge in [0.05, 0.1) is 17.7 Å². The molecule has 0 N–H and O–H groups in total. The van der Waals surface area contributed by atoms with Gasteiger partial charge in [-0.15, -0.1) is 11.3 Å². The Morgan fingerprint density at radius 3 is 3.08 bits per heavy atom. The molecule has 1 atom stereocenters. The van der Waals surface area contributed by atoms with E-state index in [1.165, 1.54) is 0 Å². The number of imidazole rings is 1. The van der Waals surface area contributed by atoms with E-state index in [0.29, 0.717) is 0 Å². The lowest BCUT2D eigenvalue weighted by Gasteiger charge is -2.32. The number of nitrogens with zero attached hydrogens (tertiary/aromatic N) is 4. The van der Waals surface area contributed by atoms with Crippen LogP contribution in [0.15, 0.2) is 47.5 Å². The molecule has 2 aromatic heterocycles. The van der Waals surface area contributed by atoms with Crippen LogP contribution in [0.1, 0.15) is 46.2 Å². The summed E-state index contributed by atoms with van der Waals surface area (Å²) in [6, 6.07) is 7.84. The van der Waals surface area contributed by atoms with Gasteiger partial charge in [0.1, 0.15) is 5.82 Å². The molecule has 1 aromatic carbocycles. The van der Waals surface area contributed by atoms with Crippen LogP contribution >= 0.6 is 11.3 Å². The Kier molecular flexibility index (Phi) is 4.84. The van der Waals surface area contributed by atoms with Gasteiger partial charge in [0.25, 0.3) is 5.91 Å². The Balaban J connectivity index is 1.51. The summed E-state index contributed by atoms with van der Waals surface area (Å²) in [6.45, 7) is 4.29. The van der Waals surface area contributed by atoms with Crippen molar-refractivity contribution in [3.8, 4) is 0 Å². The first-order valence-corrected chi connectivity index (χ1v) is 9.89. The fraction of sp³-hybridized carbons (Fsp3) is 0.350. The number of benzene rings is 1. The summed E-state index contributed by atoms with van der Waals surface area (Å²) in [5, 5.41) is 2.07. The van der Waals surface area contributed by atoms with Crippen molar-refractivity contribution < 1.29 is 4.79 Å². The molecular weight excluding hydrogens is 344 g/mol. The van der Waals surface area contributed by atoms with Gasteiger partial charge in [-0.25, -0.2) is 9.97 Å². The standard InChI is InChI=1S/C20H22N4OS/c1-15-4-2-5-16(10-15)20(25)24-8-3-6-17(11-24)19-21-7-9-23(19)12-18-13-26-14-22-18/h2,4-5,7,9-10,13-14,17H,3,6,8,11-12H2,1H3/t17-/m0/s1. The van der Waals surface area contributed by atoms with E-state index in [4.69, 9.17) is 0 Å². The van der Waals surface area contributed by atoms with E-state index < -0.39 is 0 Å². The first-order chi connectivity index (χ1) is 12.7. The van der Waals surface area contributed by atoms with Gasteiger partial charge >= 0.3 is 0 Å². The third-order valence-corrected chi connectivity index (χ3v) is 5.54. The minimum absolute atomic E-state index is 0.121. The predicted octanol–water partition coefficient (Wildman–Crippen LogP) is 3.72. The number of hydrogen-bond donors (Lipinski definition) is 0. The molecule has 3 heterocycles. The number of likely N-dealkylation sites (tertiary alicyclic amines) is 1. The van der Waals surface area contributed by atoms with Crippen LogP contribution in [-0.2, 0) is 6.54 Å². The van der Waals surface area contributed by atoms with Gasteiger partial charge in [-0.3, -0.25) is 4.79 Å². The summed E-state index contributed by atoms with van der Waals surface area (Å²) in [7, 11) is 0. The number of hydrogen-bond acceptors (Lipinski definition) is 4. The van der Waals surface area contributed by atoms with E-state index in [2.05, 4.69) is 19.9 Å². The molecule has 0 aliphatic carbocycles. The van der Waals surface area contributed by atoms with E-state index in [-0.39, 0.29) is 11.8 Å². The van der Waals surface area contributed by atoms with Crippen molar-refractivity contribution in [2.24, 2.45) is 0 Å². The van der Waals surface area contributed by atoms with E-state index >= 15 is 0 Å². The number of carbonyl (C=O) groups is 1. The molecule has 0 saturated carbocycles. The number of aryl methyl sites for hydroxylation is 1. The zero-order chi connectivity index (χ0) is 17.9. The molecule has 3 aromatic rings. The minimum Gasteiger partial charge on any atom is -0.338 e. The Morgan fingerprint density at radius 2 is 2.27 bits per heavy atom. The molecule has 0 bridgehead atoms. The van der Waals surface area contributed by atoms with E-state index in [9.17, 15) is 4.79 Å². The highest BCUT2D eigenvalue weighted by molar-refractivity contribution is 7.07. The number of amides is 1. The maximum atomic E-state index is 12.9. The van der Waals surface area contributed by atoms with Crippen molar-refractivity contribution in [3.05, 3.63) is 70.2 Å². The normalized spacial score (nSPS) is 17.4. The zero-order valence-corrected chi connectivity index (χ0v) is 15.7. The zero-order valence-electron chi connectivity index (χ0n) is 14.8. The quantitative estimate of drug-likeness (QED) is 0.707. The minimum atomic E-state index is 0.121. The highest BCUT2D eigenvalue weighted by Gasteiger charge is 2.28. The van der Waals surface area contributed by atoms with Crippen LogP contribution in [0, 0.1) is 6.92 Å². The summed E-state index contributed by atoms with van der Waals surface area (Å²) in [5.41, 5.74) is 4.80. The maximum Gasteiger partial charge on any atom is 0.253 e. The van der Waals surface area contributed by atoms with E-state index in [0.717, 1.165) is 55.1 Å². The van der Waals surface area contributed by atoms with Gasteiger partial charge in [-0.05, 0) is 31.9 Å². The fourth-order valence-electron chi connectivity index (χ4n) is 3.64. The van der Waals surface area contributed by atoms with Crippen LogP contribution in [0.3, 0.4) is 0 Å². The van der Waals surface area contributed by atoms with Crippen molar-refractivity contribution in [1.29, 1.82) is 0 Å². The number of thiazole rings is 1. The molecule has 1 aliphatic rings. The Labute approximate surface area is 157 Å². The fourth-order valence-corrected chi connectivity index (χ4v) is 4.19. The molecule has 134 valence electrons. The van der Waals surface area contributed by atoms with Gasteiger partial charge in [0, 0.05) is 42.3 Å². The highest BCUT2D eigenvalue weighted by Crippen LogP contribution is 2.27. The molecule has 4 rings (SSSR count). The van der Waals surface area contributed by atoms with Crippen LogP contribution < -0.4 is 0 Å². The van der Waals surface area contributed by atoms with Crippen LogP contribution in [0.2, 0.25) is 0 Å². The number of rotatable bonds is 4. The van der Waals surface area contributed by atoms with Crippen LogP contribution in [-0.4, -0.2) is 38.4 Å². The molecule has 1 amide bonds. The summed E-state index contributed by atoms with van der Waals surface area (Å²) >= 11 is 1.61. The molecule has 26 heavy (non-hydrogen) atoms. The third-order valence-electron chi connectivity index (χ3n) is 4.90. The molecule has 1 fully saturated rings. The van der Waals surface area contributed by atoms with Gasteiger partial charge in [0.15, 0.2) is 0 Å². The first-order valence-electron chi connectivity index (χ1n) is 8.95. The second-order valence-electron chi connectivity index (χ2n) is 6.85. The van der Waals surface area contributed by atoms with Crippen LogP contribution in [0.25, 0.3) is 0 Å². The van der Waals surface area contributed by atoms with Gasteiger partial charge in [-0.2, -0.15) is 0 Å². The molecular formula is C20H22N4OS. The average Bonchev–Trinajstić information content (AvgIpc) is 3.34.